The number of amides is 1. The number of benzene rings is 2. The molecule has 0 aliphatic carbocycles. The Morgan fingerprint density at radius 1 is 0.897 bits per heavy atom. The highest BCUT2D eigenvalue weighted by Gasteiger charge is 2.24. The topological polar surface area (TPSA) is 56.4 Å². The van der Waals surface area contributed by atoms with E-state index in [-0.39, 0.29) is 5.91 Å². The minimum absolute atomic E-state index is 0.0989. The Labute approximate surface area is 173 Å². The second kappa shape index (κ2) is 11.4. The van der Waals surface area contributed by atoms with Gasteiger partial charge in [-0.05, 0) is 31.2 Å². The molecule has 0 radical (unpaired) electrons. The first-order chi connectivity index (χ1) is 14.2. The Bertz CT molecular complexity index is 729. The van der Waals surface area contributed by atoms with Gasteiger partial charge in [0.25, 0.3) is 5.91 Å². The summed E-state index contributed by atoms with van der Waals surface area (Å²) in [5, 5.41) is 2.97. The normalized spacial score (nSPS) is 18.8. The fraction of sp³-hybridized carbons (Fsp3) is 0.435. The van der Waals surface area contributed by atoms with Crippen LogP contribution in [-0.2, 0) is 11.3 Å². The van der Waals surface area contributed by atoms with Crippen LogP contribution in [0.15, 0.2) is 54.6 Å². The van der Waals surface area contributed by atoms with Gasteiger partial charge in [0.1, 0.15) is 50.8 Å². The molecule has 29 heavy (non-hydrogen) atoms. The van der Waals surface area contributed by atoms with Crippen molar-refractivity contribution in [2.45, 2.75) is 13.5 Å². The molecule has 1 heterocycles. The zero-order chi connectivity index (χ0) is 20.3. The van der Waals surface area contributed by atoms with Gasteiger partial charge in [-0.3, -0.25) is 4.79 Å². The quantitative estimate of drug-likeness (QED) is 0.475. The van der Waals surface area contributed by atoms with Gasteiger partial charge in [-0.25, -0.2) is 0 Å². The molecule has 1 amide bonds. The molecule has 1 aliphatic rings. The molecule has 0 unspecified atom stereocenters. The van der Waals surface area contributed by atoms with Crippen molar-refractivity contribution in [2.75, 3.05) is 52.5 Å². The van der Waals surface area contributed by atoms with Crippen molar-refractivity contribution in [1.29, 1.82) is 0 Å². The molecule has 1 fully saturated rings. The maximum Gasteiger partial charge on any atom is 0.275 e. The van der Waals surface area contributed by atoms with Gasteiger partial charge in [0.05, 0.1) is 13.2 Å². The molecule has 0 bridgehead atoms. The second-order valence-corrected chi connectivity index (χ2v) is 7.44. The van der Waals surface area contributed by atoms with E-state index in [1.54, 1.807) is 4.90 Å². The standard InChI is InChI=1S/C23H31N3O3/c1-2-28-21-8-10-22(11-9-21)29-17-12-24-23(27)19-26-15-13-25(14-16-26)18-20-6-4-3-5-7-20/h3-11H,2,12-19H2,1H3,(H,24,27)/p+2. The van der Waals surface area contributed by atoms with E-state index in [0.717, 1.165) is 44.2 Å². The van der Waals surface area contributed by atoms with Gasteiger partial charge >= 0.3 is 0 Å². The third-order valence-corrected chi connectivity index (χ3v) is 5.20. The number of nitrogens with one attached hydrogen (secondary N) is 3. The highest BCUT2D eigenvalue weighted by Crippen LogP contribution is 2.17. The first-order valence-electron chi connectivity index (χ1n) is 10.6. The van der Waals surface area contributed by atoms with Gasteiger partial charge in [0, 0.05) is 5.56 Å². The van der Waals surface area contributed by atoms with Crippen LogP contribution < -0.4 is 24.6 Å². The van der Waals surface area contributed by atoms with Crippen LogP contribution in [-0.4, -0.2) is 58.4 Å². The van der Waals surface area contributed by atoms with Crippen LogP contribution in [0.1, 0.15) is 12.5 Å². The van der Waals surface area contributed by atoms with Crippen LogP contribution in [0.2, 0.25) is 0 Å². The zero-order valence-electron chi connectivity index (χ0n) is 17.3. The molecule has 3 N–H and O–H groups in total. The molecule has 0 atom stereocenters. The van der Waals surface area contributed by atoms with Crippen LogP contribution in [0.3, 0.4) is 0 Å². The molecule has 2 aromatic rings. The monoisotopic (exact) mass is 399 g/mol. The van der Waals surface area contributed by atoms with Crippen molar-refractivity contribution in [3.05, 3.63) is 60.2 Å². The smallest absolute Gasteiger partial charge is 0.275 e. The lowest BCUT2D eigenvalue weighted by molar-refractivity contribution is -1.02. The number of carbonyl (C=O) groups excluding carboxylic acids is 1. The predicted molar refractivity (Wildman–Crippen MR) is 113 cm³/mol. The van der Waals surface area contributed by atoms with Gasteiger partial charge in [-0.1, -0.05) is 30.3 Å². The molecular weight excluding hydrogens is 366 g/mol. The summed E-state index contributed by atoms with van der Waals surface area (Å²) in [6.07, 6.45) is 0. The molecule has 0 aromatic heterocycles. The van der Waals surface area contributed by atoms with Gasteiger partial charge in [0.15, 0.2) is 6.54 Å². The lowest BCUT2D eigenvalue weighted by atomic mass is 10.2. The minimum atomic E-state index is 0.0989. The van der Waals surface area contributed by atoms with Crippen LogP contribution in [0, 0.1) is 0 Å². The lowest BCUT2D eigenvalue weighted by Gasteiger charge is -2.29. The van der Waals surface area contributed by atoms with Crippen molar-refractivity contribution >= 4 is 5.91 Å². The Kier molecular flexibility index (Phi) is 8.34. The number of hydrogen-bond acceptors (Lipinski definition) is 3. The number of ether oxygens (including phenoxy) is 2. The fourth-order valence-electron chi connectivity index (χ4n) is 3.64. The zero-order valence-corrected chi connectivity index (χ0v) is 17.3. The molecule has 1 saturated heterocycles. The van der Waals surface area contributed by atoms with E-state index in [2.05, 4.69) is 35.6 Å². The van der Waals surface area contributed by atoms with E-state index in [1.165, 1.54) is 10.5 Å². The third-order valence-electron chi connectivity index (χ3n) is 5.20. The maximum atomic E-state index is 12.2. The fourth-order valence-corrected chi connectivity index (χ4v) is 3.64. The number of rotatable bonds is 10. The van der Waals surface area contributed by atoms with Gasteiger partial charge < -0.3 is 24.6 Å². The summed E-state index contributed by atoms with van der Waals surface area (Å²) < 4.78 is 11.1. The van der Waals surface area contributed by atoms with Crippen LogP contribution in [0.4, 0.5) is 0 Å². The van der Waals surface area contributed by atoms with E-state index < -0.39 is 0 Å². The largest absolute Gasteiger partial charge is 0.494 e. The Morgan fingerprint density at radius 3 is 2.17 bits per heavy atom. The van der Waals surface area contributed by atoms with Gasteiger partial charge in [-0.2, -0.15) is 0 Å². The molecule has 3 rings (SSSR count). The predicted octanol–water partition coefficient (Wildman–Crippen LogP) is -0.436. The molecule has 156 valence electrons. The highest BCUT2D eigenvalue weighted by atomic mass is 16.5. The molecule has 1 aliphatic heterocycles. The minimum Gasteiger partial charge on any atom is -0.494 e. The molecule has 0 saturated carbocycles. The number of piperazine rings is 1. The molecule has 2 aromatic carbocycles. The van der Waals surface area contributed by atoms with Gasteiger partial charge in [0.2, 0.25) is 0 Å². The van der Waals surface area contributed by atoms with Crippen molar-refractivity contribution in [3.8, 4) is 11.5 Å². The molecular formula is C23H33N3O3+2. The summed E-state index contributed by atoms with van der Waals surface area (Å²) in [7, 11) is 0. The SMILES string of the molecule is CCOc1ccc(OCCNC(=O)C[NH+]2CC[NH+](Cc3ccccc3)CC2)cc1. The van der Waals surface area contributed by atoms with Crippen molar-refractivity contribution in [2.24, 2.45) is 0 Å². The Balaban J connectivity index is 1.27. The summed E-state index contributed by atoms with van der Waals surface area (Å²) in [5.41, 5.74) is 1.39. The average Bonchev–Trinajstić information content (AvgIpc) is 2.75. The van der Waals surface area contributed by atoms with Crippen LogP contribution in [0.25, 0.3) is 0 Å². The van der Waals surface area contributed by atoms with E-state index in [0.29, 0.717) is 26.3 Å². The van der Waals surface area contributed by atoms with E-state index in [4.69, 9.17) is 9.47 Å². The van der Waals surface area contributed by atoms with Crippen molar-refractivity contribution in [1.82, 2.24) is 5.32 Å². The first kappa shape index (κ1) is 21.1. The van der Waals surface area contributed by atoms with Crippen LogP contribution in [0.5, 0.6) is 11.5 Å². The molecule has 6 nitrogen and oxygen atoms in total. The summed E-state index contributed by atoms with van der Waals surface area (Å²) in [6, 6.07) is 18.2. The second-order valence-electron chi connectivity index (χ2n) is 7.44. The van der Waals surface area contributed by atoms with E-state index in [9.17, 15) is 4.79 Å². The first-order valence-corrected chi connectivity index (χ1v) is 10.6. The summed E-state index contributed by atoms with van der Waals surface area (Å²) in [6.45, 7) is 9.51. The van der Waals surface area contributed by atoms with Crippen molar-refractivity contribution in [3.63, 3.8) is 0 Å². The number of carbonyl (C=O) groups is 1. The highest BCUT2D eigenvalue weighted by molar-refractivity contribution is 5.76. The summed E-state index contributed by atoms with van der Waals surface area (Å²) >= 11 is 0. The summed E-state index contributed by atoms with van der Waals surface area (Å²) in [5.74, 6) is 1.72. The number of hydrogen-bond donors (Lipinski definition) is 3. The number of quaternary nitrogens is 2. The third kappa shape index (κ3) is 7.40. The average molecular weight is 400 g/mol. The Hall–Kier alpha value is -2.57. The molecule has 6 heteroatoms. The van der Waals surface area contributed by atoms with Gasteiger partial charge in [-0.15, -0.1) is 0 Å². The Morgan fingerprint density at radius 2 is 1.52 bits per heavy atom. The lowest BCUT2D eigenvalue weighted by Crippen LogP contribution is -3.28. The maximum absolute atomic E-state index is 12.2. The van der Waals surface area contributed by atoms with E-state index >= 15 is 0 Å². The van der Waals surface area contributed by atoms with Crippen LogP contribution >= 0.6 is 0 Å². The van der Waals surface area contributed by atoms with E-state index in [1.807, 2.05) is 31.2 Å². The van der Waals surface area contributed by atoms with Crippen molar-refractivity contribution < 1.29 is 24.1 Å². The summed E-state index contributed by atoms with van der Waals surface area (Å²) in [4.78, 5) is 15.2. The molecule has 0 spiro atoms.